The summed E-state index contributed by atoms with van der Waals surface area (Å²) in [5.41, 5.74) is 2.12. The lowest BCUT2D eigenvalue weighted by atomic mass is 9.94. The quantitative estimate of drug-likeness (QED) is 0.686. The SMILES string of the molecule is O=C(NCC(Cc1cccc2ccccc12)C(=O)O)c1noc2c1CCCC2. The zero-order valence-electron chi connectivity index (χ0n) is 15.5. The smallest absolute Gasteiger partial charge is 0.308 e. The molecule has 1 amide bonds. The molecule has 1 aliphatic rings. The molecule has 1 heterocycles. The number of aromatic nitrogens is 1. The van der Waals surface area contributed by atoms with E-state index in [9.17, 15) is 14.7 Å². The highest BCUT2D eigenvalue weighted by Gasteiger charge is 2.26. The molecule has 6 heteroatoms. The average Bonchev–Trinajstić information content (AvgIpc) is 3.15. The third-order valence-electron chi connectivity index (χ3n) is 5.37. The molecule has 144 valence electrons. The van der Waals surface area contributed by atoms with Crippen LogP contribution in [0.25, 0.3) is 10.8 Å². The molecule has 4 rings (SSSR count). The Bertz CT molecular complexity index is 1020. The number of amides is 1. The van der Waals surface area contributed by atoms with Crippen LogP contribution in [0.5, 0.6) is 0 Å². The molecule has 0 saturated heterocycles. The van der Waals surface area contributed by atoms with Crippen LogP contribution in [0, 0.1) is 5.92 Å². The molecule has 0 radical (unpaired) electrons. The van der Waals surface area contributed by atoms with Gasteiger partial charge in [-0.25, -0.2) is 0 Å². The number of carboxylic acid groups (broad SMARTS) is 1. The molecule has 2 aromatic carbocycles. The zero-order valence-corrected chi connectivity index (χ0v) is 15.5. The van der Waals surface area contributed by atoms with Gasteiger partial charge in [0.05, 0.1) is 5.92 Å². The second-order valence-corrected chi connectivity index (χ2v) is 7.23. The van der Waals surface area contributed by atoms with Crippen LogP contribution < -0.4 is 5.32 Å². The number of fused-ring (bicyclic) bond motifs is 2. The van der Waals surface area contributed by atoms with E-state index in [4.69, 9.17) is 4.52 Å². The van der Waals surface area contributed by atoms with E-state index in [1.54, 1.807) is 0 Å². The number of carbonyl (C=O) groups excluding carboxylic acids is 1. The monoisotopic (exact) mass is 378 g/mol. The Morgan fingerprint density at radius 3 is 2.75 bits per heavy atom. The number of hydrogen-bond acceptors (Lipinski definition) is 4. The topological polar surface area (TPSA) is 92.4 Å². The first kappa shape index (κ1) is 18.2. The Morgan fingerprint density at radius 1 is 1.11 bits per heavy atom. The van der Waals surface area contributed by atoms with Crippen LogP contribution in [-0.2, 0) is 24.1 Å². The maximum absolute atomic E-state index is 12.5. The number of rotatable bonds is 6. The van der Waals surface area contributed by atoms with Crippen molar-refractivity contribution in [3.8, 4) is 0 Å². The van der Waals surface area contributed by atoms with Gasteiger partial charge in [-0.15, -0.1) is 0 Å². The van der Waals surface area contributed by atoms with Gasteiger partial charge in [-0.1, -0.05) is 47.6 Å². The molecular weight excluding hydrogens is 356 g/mol. The van der Waals surface area contributed by atoms with Gasteiger partial charge in [0.2, 0.25) is 0 Å². The van der Waals surface area contributed by atoms with E-state index in [0.717, 1.165) is 53.3 Å². The van der Waals surface area contributed by atoms with E-state index < -0.39 is 11.9 Å². The summed E-state index contributed by atoms with van der Waals surface area (Å²) < 4.78 is 5.28. The Balaban J connectivity index is 1.48. The van der Waals surface area contributed by atoms with Gasteiger partial charge in [0.25, 0.3) is 5.91 Å². The van der Waals surface area contributed by atoms with Gasteiger partial charge in [0.1, 0.15) is 5.76 Å². The third-order valence-corrected chi connectivity index (χ3v) is 5.37. The maximum Gasteiger partial charge on any atom is 0.308 e. The molecule has 1 aromatic heterocycles. The fraction of sp³-hybridized carbons (Fsp3) is 0.318. The fourth-order valence-corrected chi connectivity index (χ4v) is 3.85. The van der Waals surface area contributed by atoms with Gasteiger partial charge < -0.3 is 14.9 Å². The molecule has 3 aromatic rings. The number of aryl methyl sites for hydroxylation is 1. The van der Waals surface area contributed by atoms with Gasteiger partial charge in [-0.05, 0) is 42.0 Å². The first-order valence-corrected chi connectivity index (χ1v) is 9.58. The Morgan fingerprint density at radius 2 is 1.89 bits per heavy atom. The van der Waals surface area contributed by atoms with Crippen LogP contribution in [0.1, 0.15) is 40.2 Å². The second kappa shape index (κ2) is 7.84. The molecule has 1 atom stereocenters. The lowest BCUT2D eigenvalue weighted by Gasteiger charge is -2.15. The minimum absolute atomic E-state index is 0.0407. The maximum atomic E-state index is 12.5. The van der Waals surface area contributed by atoms with E-state index >= 15 is 0 Å². The molecule has 1 aliphatic carbocycles. The molecular formula is C22H22N2O4. The number of hydrogen-bond donors (Lipinski definition) is 2. The number of nitrogens with zero attached hydrogens (tertiary/aromatic N) is 1. The lowest BCUT2D eigenvalue weighted by Crippen LogP contribution is -2.34. The van der Waals surface area contributed by atoms with Gasteiger partial charge in [-0.2, -0.15) is 0 Å². The van der Waals surface area contributed by atoms with Gasteiger partial charge in [0.15, 0.2) is 5.69 Å². The van der Waals surface area contributed by atoms with Crippen LogP contribution in [0.3, 0.4) is 0 Å². The molecule has 0 saturated carbocycles. The summed E-state index contributed by atoms with van der Waals surface area (Å²) in [6.07, 6.45) is 3.96. The van der Waals surface area contributed by atoms with E-state index in [0.29, 0.717) is 12.1 Å². The standard InChI is InChI=1S/C22H22N2O4/c25-21(20-18-10-3-4-11-19(18)28-24-20)23-13-16(22(26)27)12-15-8-5-7-14-6-1-2-9-17(14)15/h1-2,5-9,16H,3-4,10-13H2,(H,23,25)(H,26,27). The Hall–Kier alpha value is -3.15. The summed E-state index contributed by atoms with van der Waals surface area (Å²) in [6.45, 7) is 0.0407. The minimum atomic E-state index is -0.935. The van der Waals surface area contributed by atoms with Gasteiger partial charge >= 0.3 is 5.97 Å². The van der Waals surface area contributed by atoms with Crippen molar-refractivity contribution in [2.75, 3.05) is 6.54 Å². The van der Waals surface area contributed by atoms with Crippen molar-refractivity contribution in [3.63, 3.8) is 0 Å². The van der Waals surface area contributed by atoms with E-state index in [1.165, 1.54) is 0 Å². The van der Waals surface area contributed by atoms with E-state index in [1.807, 2.05) is 42.5 Å². The van der Waals surface area contributed by atoms with Crippen LogP contribution >= 0.6 is 0 Å². The largest absolute Gasteiger partial charge is 0.481 e. The summed E-state index contributed by atoms with van der Waals surface area (Å²) in [6, 6.07) is 13.8. The number of carboxylic acids is 1. The van der Waals surface area contributed by atoms with Crippen LogP contribution in [0.2, 0.25) is 0 Å². The molecule has 0 bridgehead atoms. The van der Waals surface area contributed by atoms with Crippen molar-refractivity contribution < 1.29 is 19.2 Å². The van der Waals surface area contributed by atoms with Crippen LogP contribution in [0.4, 0.5) is 0 Å². The van der Waals surface area contributed by atoms with E-state index in [-0.39, 0.29) is 12.5 Å². The highest BCUT2D eigenvalue weighted by Crippen LogP contribution is 2.24. The molecule has 0 fully saturated rings. The molecule has 0 spiro atoms. The Kier molecular flexibility index (Phi) is 5.10. The second-order valence-electron chi connectivity index (χ2n) is 7.23. The molecule has 1 unspecified atom stereocenters. The lowest BCUT2D eigenvalue weighted by molar-refractivity contribution is -0.141. The van der Waals surface area contributed by atoms with Crippen molar-refractivity contribution in [2.24, 2.45) is 5.92 Å². The zero-order chi connectivity index (χ0) is 19.5. The number of carbonyl (C=O) groups is 2. The first-order chi connectivity index (χ1) is 13.6. The summed E-state index contributed by atoms with van der Waals surface area (Å²) in [7, 11) is 0. The predicted octanol–water partition coefficient (Wildman–Crippen LogP) is 3.38. The van der Waals surface area contributed by atoms with Crippen molar-refractivity contribution >= 4 is 22.6 Å². The number of aliphatic carboxylic acids is 1. The molecule has 28 heavy (non-hydrogen) atoms. The molecule has 2 N–H and O–H groups in total. The summed E-state index contributed by atoms with van der Waals surface area (Å²) >= 11 is 0. The predicted molar refractivity (Wildman–Crippen MR) is 104 cm³/mol. The Labute approximate surface area is 162 Å². The van der Waals surface area contributed by atoms with Gasteiger partial charge in [0, 0.05) is 18.5 Å². The number of benzene rings is 2. The van der Waals surface area contributed by atoms with Crippen molar-refractivity contribution in [2.45, 2.75) is 32.1 Å². The van der Waals surface area contributed by atoms with Gasteiger partial charge in [-0.3, -0.25) is 9.59 Å². The highest BCUT2D eigenvalue weighted by atomic mass is 16.5. The van der Waals surface area contributed by atoms with Crippen molar-refractivity contribution in [1.82, 2.24) is 10.5 Å². The summed E-state index contributed by atoms with van der Waals surface area (Å²) in [4.78, 5) is 24.3. The highest BCUT2D eigenvalue weighted by molar-refractivity contribution is 5.94. The van der Waals surface area contributed by atoms with Crippen LogP contribution in [0.15, 0.2) is 47.0 Å². The van der Waals surface area contributed by atoms with Crippen LogP contribution in [-0.4, -0.2) is 28.7 Å². The molecule has 6 nitrogen and oxygen atoms in total. The summed E-state index contributed by atoms with van der Waals surface area (Å²) in [5.74, 6) is -1.24. The van der Waals surface area contributed by atoms with Crippen molar-refractivity contribution in [1.29, 1.82) is 0 Å². The molecule has 0 aliphatic heterocycles. The fourth-order valence-electron chi connectivity index (χ4n) is 3.85. The average molecular weight is 378 g/mol. The van der Waals surface area contributed by atoms with Crippen molar-refractivity contribution in [3.05, 3.63) is 65.0 Å². The minimum Gasteiger partial charge on any atom is -0.481 e. The summed E-state index contributed by atoms with van der Waals surface area (Å²) in [5, 5.41) is 18.4. The van der Waals surface area contributed by atoms with E-state index in [2.05, 4.69) is 10.5 Å². The third kappa shape index (κ3) is 3.63. The normalized spacial score (nSPS) is 14.4. The number of nitrogens with one attached hydrogen (secondary N) is 1. The first-order valence-electron chi connectivity index (χ1n) is 9.58.